The molecule has 0 bridgehead atoms. The molecular formula is C10H19N5O2. The van der Waals surface area contributed by atoms with Crippen LogP contribution >= 0.6 is 0 Å². The van der Waals surface area contributed by atoms with E-state index in [1.54, 1.807) is 25.1 Å². The van der Waals surface area contributed by atoms with Crippen LogP contribution in [-0.2, 0) is 17.9 Å². The lowest BCUT2D eigenvalue weighted by molar-refractivity contribution is -0.131. The zero-order valence-corrected chi connectivity index (χ0v) is 10.2. The van der Waals surface area contributed by atoms with Gasteiger partial charge in [0.1, 0.15) is 6.54 Å². The molecule has 0 saturated heterocycles. The van der Waals surface area contributed by atoms with Crippen LogP contribution in [0.4, 0.5) is 0 Å². The lowest BCUT2D eigenvalue weighted by Crippen LogP contribution is -2.32. The summed E-state index contributed by atoms with van der Waals surface area (Å²) in [7, 11) is 1.70. The van der Waals surface area contributed by atoms with Gasteiger partial charge in [0.15, 0.2) is 0 Å². The van der Waals surface area contributed by atoms with E-state index < -0.39 is 6.10 Å². The van der Waals surface area contributed by atoms with Gasteiger partial charge >= 0.3 is 0 Å². The molecule has 0 fully saturated rings. The molecular weight excluding hydrogens is 222 g/mol. The molecule has 0 aliphatic heterocycles. The summed E-state index contributed by atoms with van der Waals surface area (Å²) in [4.78, 5) is 13.3. The Morgan fingerprint density at radius 2 is 2.41 bits per heavy atom. The molecule has 1 aromatic rings. The number of carbonyl (C=O) groups excluding carboxylic acids is 1. The molecule has 96 valence electrons. The lowest BCUT2D eigenvalue weighted by Gasteiger charge is -2.17. The quantitative estimate of drug-likeness (QED) is 0.663. The Hall–Kier alpha value is -1.47. The van der Waals surface area contributed by atoms with Gasteiger partial charge in [0.25, 0.3) is 0 Å². The number of aliphatic hydroxyl groups is 1. The molecule has 0 saturated carbocycles. The van der Waals surface area contributed by atoms with Crippen molar-refractivity contribution in [1.82, 2.24) is 19.9 Å². The molecule has 0 radical (unpaired) electrons. The highest BCUT2D eigenvalue weighted by molar-refractivity contribution is 5.75. The van der Waals surface area contributed by atoms with Gasteiger partial charge < -0.3 is 15.7 Å². The second kappa shape index (κ2) is 6.31. The Bertz CT molecular complexity index is 363. The number of aliphatic hydroxyl groups excluding tert-OH is 1. The Morgan fingerprint density at radius 1 is 1.71 bits per heavy atom. The molecule has 1 aromatic heterocycles. The maximum atomic E-state index is 11.7. The second-order valence-electron chi connectivity index (χ2n) is 4.06. The van der Waals surface area contributed by atoms with Gasteiger partial charge in [-0.25, -0.2) is 4.68 Å². The van der Waals surface area contributed by atoms with Crippen molar-refractivity contribution in [3.63, 3.8) is 0 Å². The van der Waals surface area contributed by atoms with Crippen LogP contribution in [0.5, 0.6) is 0 Å². The van der Waals surface area contributed by atoms with Crippen molar-refractivity contribution in [2.24, 2.45) is 5.73 Å². The summed E-state index contributed by atoms with van der Waals surface area (Å²) < 4.78 is 1.46. The van der Waals surface area contributed by atoms with E-state index in [2.05, 4.69) is 10.3 Å². The van der Waals surface area contributed by atoms with E-state index in [0.717, 1.165) is 0 Å². The molecule has 1 rings (SSSR count). The summed E-state index contributed by atoms with van der Waals surface area (Å²) in [5.41, 5.74) is 6.05. The monoisotopic (exact) mass is 241 g/mol. The summed E-state index contributed by atoms with van der Waals surface area (Å²) in [6, 6.07) is 0. The van der Waals surface area contributed by atoms with E-state index in [1.165, 1.54) is 4.68 Å². The molecule has 1 heterocycles. The third kappa shape index (κ3) is 4.49. The van der Waals surface area contributed by atoms with Crippen molar-refractivity contribution in [1.29, 1.82) is 0 Å². The fourth-order valence-corrected chi connectivity index (χ4v) is 1.27. The van der Waals surface area contributed by atoms with Gasteiger partial charge in [-0.2, -0.15) is 0 Å². The number of carbonyl (C=O) groups is 1. The third-order valence-corrected chi connectivity index (χ3v) is 2.40. The minimum absolute atomic E-state index is 0.0703. The Balaban J connectivity index is 2.42. The molecule has 0 spiro atoms. The second-order valence-corrected chi connectivity index (χ2v) is 4.06. The van der Waals surface area contributed by atoms with Crippen molar-refractivity contribution in [2.45, 2.75) is 32.5 Å². The number of amides is 1. The van der Waals surface area contributed by atoms with Gasteiger partial charge in [-0.3, -0.25) is 4.79 Å². The first-order chi connectivity index (χ1) is 8.02. The molecule has 1 amide bonds. The van der Waals surface area contributed by atoms with Crippen molar-refractivity contribution >= 4 is 5.91 Å². The van der Waals surface area contributed by atoms with Crippen LogP contribution in [0, 0.1) is 0 Å². The summed E-state index contributed by atoms with van der Waals surface area (Å²) in [6.07, 6.45) is 1.81. The van der Waals surface area contributed by atoms with E-state index in [0.29, 0.717) is 25.2 Å². The van der Waals surface area contributed by atoms with Crippen LogP contribution in [0.2, 0.25) is 0 Å². The SMILES string of the molecule is CC(O)CCN(C)C(=O)Cn1cc(CN)nn1. The smallest absolute Gasteiger partial charge is 0.244 e. The van der Waals surface area contributed by atoms with E-state index in [4.69, 9.17) is 10.8 Å². The summed E-state index contributed by atoms with van der Waals surface area (Å²) in [5, 5.41) is 16.7. The fraction of sp³-hybridized carbons (Fsp3) is 0.700. The van der Waals surface area contributed by atoms with Gasteiger partial charge in [0.2, 0.25) is 5.91 Å². The number of nitrogens with two attached hydrogens (primary N) is 1. The molecule has 17 heavy (non-hydrogen) atoms. The number of hydrogen-bond donors (Lipinski definition) is 2. The normalized spacial score (nSPS) is 12.5. The highest BCUT2D eigenvalue weighted by Crippen LogP contribution is 1.97. The molecule has 7 heteroatoms. The zero-order valence-electron chi connectivity index (χ0n) is 10.2. The number of nitrogens with zero attached hydrogens (tertiary/aromatic N) is 4. The molecule has 0 aromatic carbocycles. The Labute approximate surface area is 100 Å². The van der Waals surface area contributed by atoms with Crippen molar-refractivity contribution in [3.8, 4) is 0 Å². The lowest BCUT2D eigenvalue weighted by atomic mass is 10.3. The minimum Gasteiger partial charge on any atom is -0.393 e. The van der Waals surface area contributed by atoms with Crippen LogP contribution in [0.3, 0.4) is 0 Å². The van der Waals surface area contributed by atoms with E-state index in [9.17, 15) is 4.79 Å². The molecule has 3 N–H and O–H groups in total. The van der Waals surface area contributed by atoms with Gasteiger partial charge in [0, 0.05) is 20.1 Å². The van der Waals surface area contributed by atoms with Crippen LogP contribution in [0.25, 0.3) is 0 Å². The van der Waals surface area contributed by atoms with Crippen molar-refractivity contribution in [2.75, 3.05) is 13.6 Å². The number of rotatable bonds is 6. The maximum absolute atomic E-state index is 11.7. The van der Waals surface area contributed by atoms with Gasteiger partial charge in [-0.05, 0) is 13.3 Å². The van der Waals surface area contributed by atoms with Crippen molar-refractivity contribution < 1.29 is 9.90 Å². The summed E-state index contributed by atoms with van der Waals surface area (Å²) in [5.74, 6) is -0.0703. The van der Waals surface area contributed by atoms with Crippen LogP contribution in [0.15, 0.2) is 6.20 Å². The van der Waals surface area contributed by atoms with E-state index in [1.807, 2.05) is 0 Å². The third-order valence-electron chi connectivity index (χ3n) is 2.40. The minimum atomic E-state index is -0.402. The average molecular weight is 241 g/mol. The first-order valence-corrected chi connectivity index (χ1v) is 5.54. The van der Waals surface area contributed by atoms with E-state index in [-0.39, 0.29) is 12.5 Å². The Morgan fingerprint density at radius 3 is 2.94 bits per heavy atom. The topological polar surface area (TPSA) is 97.3 Å². The van der Waals surface area contributed by atoms with Gasteiger partial charge in [-0.15, -0.1) is 5.10 Å². The zero-order chi connectivity index (χ0) is 12.8. The van der Waals surface area contributed by atoms with Crippen LogP contribution in [0.1, 0.15) is 19.0 Å². The van der Waals surface area contributed by atoms with E-state index >= 15 is 0 Å². The fourth-order valence-electron chi connectivity index (χ4n) is 1.27. The van der Waals surface area contributed by atoms with Crippen molar-refractivity contribution in [3.05, 3.63) is 11.9 Å². The highest BCUT2D eigenvalue weighted by Gasteiger charge is 2.11. The Kier molecular flexibility index (Phi) is 5.05. The predicted molar refractivity (Wildman–Crippen MR) is 61.8 cm³/mol. The number of likely N-dealkylation sites (N-methyl/N-ethyl adjacent to an activating group) is 1. The summed E-state index contributed by atoms with van der Waals surface area (Å²) >= 11 is 0. The summed E-state index contributed by atoms with van der Waals surface area (Å²) in [6.45, 7) is 2.67. The number of hydrogen-bond acceptors (Lipinski definition) is 5. The average Bonchev–Trinajstić information content (AvgIpc) is 2.73. The first kappa shape index (κ1) is 13.6. The van der Waals surface area contributed by atoms with Crippen LogP contribution in [-0.4, -0.2) is 50.6 Å². The molecule has 1 unspecified atom stereocenters. The highest BCUT2D eigenvalue weighted by atomic mass is 16.3. The number of aromatic nitrogens is 3. The standard InChI is InChI=1S/C10H19N5O2/c1-8(16)3-4-14(2)10(17)7-15-6-9(5-11)12-13-15/h6,8,16H,3-5,7,11H2,1-2H3. The maximum Gasteiger partial charge on any atom is 0.244 e. The molecule has 1 atom stereocenters. The van der Waals surface area contributed by atoms with Gasteiger partial charge in [-0.1, -0.05) is 5.21 Å². The van der Waals surface area contributed by atoms with Gasteiger partial charge in [0.05, 0.1) is 18.0 Å². The largest absolute Gasteiger partial charge is 0.393 e. The van der Waals surface area contributed by atoms with Crippen LogP contribution < -0.4 is 5.73 Å². The predicted octanol–water partition coefficient (Wildman–Crippen LogP) is -1.03. The molecule has 0 aliphatic rings. The molecule has 7 nitrogen and oxygen atoms in total. The first-order valence-electron chi connectivity index (χ1n) is 5.54. The molecule has 0 aliphatic carbocycles.